The highest BCUT2D eigenvalue weighted by Crippen LogP contribution is 2.20. The highest BCUT2D eigenvalue weighted by molar-refractivity contribution is 6.18. The van der Waals surface area contributed by atoms with Crippen LogP contribution in [-0.4, -0.2) is 30.8 Å². The summed E-state index contributed by atoms with van der Waals surface area (Å²) in [6.07, 6.45) is 0.273. The van der Waals surface area contributed by atoms with E-state index in [0.717, 1.165) is 0 Å². The van der Waals surface area contributed by atoms with Crippen LogP contribution in [0, 0.1) is 5.82 Å². The topological polar surface area (TPSA) is 29.5 Å². The lowest BCUT2D eigenvalue weighted by molar-refractivity contribution is -0.130. The Kier molecular flexibility index (Phi) is 5.22. The van der Waals surface area contributed by atoms with Crippen LogP contribution in [0.25, 0.3) is 0 Å². The Morgan fingerprint density at radius 1 is 1.53 bits per heavy atom. The minimum atomic E-state index is -0.348. The minimum absolute atomic E-state index is 0.0775. The van der Waals surface area contributed by atoms with Gasteiger partial charge < -0.3 is 9.64 Å². The van der Waals surface area contributed by atoms with Gasteiger partial charge >= 0.3 is 0 Å². The van der Waals surface area contributed by atoms with Crippen LogP contribution >= 0.6 is 11.6 Å². The molecule has 0 bridgehead atoms. The van der Waals surface area contributed by atoms with Crippen molar-refractivity contribution in [1.82, 2.24) is 4.90 Å². The van der Waals surface area contributed by atoms with Crippen LogP contribution in [-0.2, 0) is 11.3 Å². The lowest BCUT2D eigenvalue weighted by atomic mass is 10.2. The Bertz CT molecular complexity index is 398. The number of carbonyl (C=O) groups excluding carboxylic acids is 1. The molecule has 1 aromatic carbocycles. The fourth-order valence-corrected chi connectivity index (χ4v) is 1.65. The largest absolute Gasteiger partial charge is 0.496 e. The summed E-state index contributed by atoms with van der Waals surface area (Å²) in [5.41, 5.74) is 0.637. The standard InChI is InChI=1S/C12H15ClFNO2/c1-15(12(16)5-6-13)8-9-7-10(14)3-4-11(9)17-2/h3-4,7H,5-6,8H2,1-2H3. The van der Waals surface area contributed by atoms with Gasteiger partial charge in [-0.2, -0.15) is 0 Å². The van der Waals surface area contributed by atoms with Gasteiger partial charge in [0.25, 0.3) is 0 Å². The van der Waals surface area contributed by atoms with E-state index in [9.17, 15) is 9.18 Å². The van der Waals surface area contributed by atoms with E-state index >= 15 is 0 Å². The summed E-state index contributed by atoms with van der Waals surface area (Å²) < 4.78 is 18.2. The molecule has 17 heavy (non-hydrogen) atoms. The van der Waals surface area contributed by atoms with Crippen molar-refractivity contribution < 1.29 is 13.9 Å². The van der Waals surface area contributed by atoms with Crippen molar-refractivity contribution in [2.75, 3.05) is 20.0 Å². The highest BCUT2D eigenvalue weighted by atomic mass is 35.5. The third-order valence-corrected chi connectivity index (χ3v) is 2.57. The Morgan fingerprint density at radius 2 is 2.24 bits per heavy atom. The van der Waals surface area contributed by atoms with Crippen molar-refractivity contribution in [2.24, 2.45) is 0 Å². The van der Waals surface area contributed by atoms with Crippen LogP contribution in [0.1, 0.15) is 12.0 Å². The zero-order valence-corrected chi connectivity index (χ0v) is 10.6. The van der Waals surface area contributed by atoms with Crippen molar-refractivity contribution >= 4 is 17.5 Å². The van der Waals surface area contributed by atoms with Gasteiger partial charge in [0.1, 0.15) is 11.6 Å². The number of ether oxygens (including phenoxy) is 1. The van der Waals surface area contributed by atoms with Crippen molar-refractivity contribution in [1.29, 1.82) is 0 Å². The monoisotopic (exact) mass is 259 g/mol. The van der Waals surface area contributed by atoms with Crippen LogP contribution in [0.2, 0.25) is 0 Å². The first kappa shape index (κ1) is 13.8. The third-order valence-electron chi connectivity index (χ3n) is 2.38. The second kappa shape index (κ2) is 6.45. The van der Waals surface area contributed by atoms with E-state index in [4.69, 9.17) is 16.3 Å². The molecule has 0 aliphatic carbocycles. The van der Waals surface area contributed by atoms with Crippen molar-refractivity contribution in [2.45, 2.75) is 13.0 Å². The van der Waals surface area contributed by atoms with Crippen LogP contribution in [0.3, 0.4) is 0 Å². The molecule has 1 rings (SSSR count). The number of methoxy groups -OCH3 is 1. The number of amides is 1. The van der Waals surface area contributed by atoms with Crippen molar-refractivity contribution in [3.8, 4) is 5.75 Å². The van der Waals surface area contributed by atoms with Crippen LogP contribution in [0.5, 0.6) is 5.75 Å². The van der Waals surface area contributed by atoms with Gasteiger partial charge in [-0.1, -0.05) is 0 Å². The summed E-state index contributed by atoms with van der Waals surface area (Å²) in [6.45, 7) is 0.302. The molecule has 0 saturated heterocycles. The van der Waals surface area contributed by atoms with Gasteiger partial charge in [0.15, 0.2) is 0 Å². The first-order valence-electron chi connectivity index (χ1n) is 5.20. The Balaban J connectivity index is 2.79. The highest BCUT2D eigenvalue weighted by Gasteiger charge is 2.12. The number of hydrogen-bond acceptors (Lipinski definition) is 2. The molecule has 0 unspecified atom stereocenters. The summed E-state index contributed by atoms with van der Waals surface area (Å²) in [6, 6.07) is 4.23. The summed E-state index contributed by atoms with van der Waals surface area (Å²) in [4.78, 5) is 13.0. The molecule has 5 heteroatoms. The number of rotatable bonds is 5. The molecule has 0 atom stereocenters. The first-order chi connectivity index (χ1) is 8.08. The fraction of sp³-hybridized carbons (Fsp3) is 0.417. The average molecular weight is 260 g/mol. The van der Waals surface area contributed by atoms with Crippen LogP contribution in [0.4, 0.5) is 4.39 Å². The molecule has 0 N–H and O–H groups in total. The maximum Gasteiger partial charge on any atom is 0.223 e. The summed E-state index contributed by atoms with van der Waals surface area (Å²) in [5.74, 6) is 0.422. The quantitative estimate of drug-likeness (QED) is 0.760. The molecule has 1 aromatic rings. The molecular formula is C12H15ClFNO2. The third kappa shape index (κ3) is 3.89. The first-order valence-corrected chi connectivity index (χ1v) is 5.74. The molecule has 94 valence electrons. The molecule has 0 saturated carbocycles. The summed E-state index contributed by atoms with van der Waals surface area (Å²) in [5, 5.41) is 0. The van der Waals surface area contributed by atoms with E-state index in [0.29, 0.717) is 17.9 Å². The van der Waals surface area contributed by atoms with Gasteiger partial charge in [0.05, 0.1) is 7.11 Å². The predicted octanol–water partition coefficient (Wildman–Crippen LogP) is 2.42. The van der Waals surface area contributed by atoms with Crippen LogP contribution in [0.15, 0.2) is 18.2 Å². The van der Waals surface area contributed by atoms with Crippen LogP contribution < -0.4 is 4.74 Å². The maximum atomic E-state index is 13.1. The molecule has 0 spiro atoms. The maximum absolute atomic E-state index is 13.1. The van der Waals surface area contributed by atoms with E-state index in [1.807, 2.05) is 0 Å². The molecule has 0 heterocycles. The summed E-state index contributed by atoms with van der Waals surface area (Å²) in [7, 11) is 3.16. The van der Waals surface area contributed by atoms with Gasteiger partial charge in [-0.15, -0.1) is 11.6 Å². The molecular weight excluding hydrogens is 245 g/mol. The molecule has 1 amide bonds. The number of nitrogens with zero attached hydrogens (tertiary/aromatic N) is 1. The fourth-order valence-electron chi connectivity index (χ4n) is 1.49. The Hall–Kier alpha value is -1.29. The molecule has 0 aromatic heterocycles. The molecule has 0 aliphatic heterocycles. The predicted molar refractivity (Wildman–Crippen MR) is 64.8 cm³/mol. The van der Waals surface area contributed by atoms with Gasteiger partial charge in [0, 0.05) is 31.5 Å². The zero-order valence-electron chi connectivity index (χ0n) is 9.87. The van der Waals surface area contributed by atoms with Crippen molar-refractivity contribution in [3.63, 3.8) is 0 Å². The number of alkyl halides is 1. The van der Waals surface area contributed by atoms with E-state index in [-0.39, 0.29) is 24.0 Å². The van der Waals surface area contributed by atoms with Gasteiger partial charge in [-0.3, -0.25) is 4.79 Å². The van der Waals surface area contributed by atoms with Gasteiger partial charge in [-0.05, 0) is 18.2 Å². The van der Waals surface area contributed by atoms with E-state index in [1.165, 1.54) is 24.1 Å². The SMILES string of the molecule is COc1ccc(F)cc1CN(C)C(=O)CCCl. The normalized spacial score (nSPS) is 10.1. The summed E-state index contributed by atoms with van der Waals surface area (Å²) >= 11 is 5.50. The zero-order chi connectivity index (χ0) is 12.8. The second-order valence-corrected chi connectivity index (χ2v) is 4.02. The smallest absolute Gasteiger partial charge is 0.223 e. The lowest BCUT2D eigenvalue weighted by Gasteiger charge is -2.18. The van der Waals surface area contributed by atoms with Gasteiger partial charge in [0.2, 0.25) is 5.91 Å². The lowest BCUT2D eigenvalue weighted by Crippen LogP contribution is -2.26. The second-order valence-electron chi connectivity index (χ2n) is 3.64. The Morgan fingerprint density at radius 3 is 2.82 bits per heavy atom. The molecule has 0 radical (unpaired) electrons. The van der Waals surface area contributed by atoms with E-state index < -0.39 is 0 Å². The molecule has 0 fully saturated rings. The average Bonchev–Trinajstić information content (AvgIpc) is 2.29. The number of carbonyl (C=O) groups is 1. The number of benzene rings is 1. The van der Waals surface area contributed by atoms with Crippen molar-refractivity contribution in [3.05, 3.63) is 29.6 Å². The van der Waals surface area contributed by atoms with E-state index in [1.54, 1.807) is 13.1 Å². The Labute approximate surface area is 105 Å². The number of hydrogen-bond donors (Lipinski definition) is 0. The molecule has 0 aliphatic rings. The van der Waals surface area contributed by atoms with Gasteiger partial charge in [-0.25, -0.2) is 4.39 Å². The molecule has 3 nitrogen and oxygen atoms in total. The minimum Gasteiger partial charge on any atom is -0.496 e. The van der Waals surface area contributed by atoms with E-state index in [2.05, 4.69) is 0 Å². The number of halogens is 2.